The first-order valence-corrected chi connectivity index (χ1v) is 17.5. The molecule has 1 nitrogen and oxygen atoms in total. The van der Waals surface area contributed by atoms with Crippen LogP contribution in [-0.2, 0) is 17.3 Å². The van der Waals surface area contributed by atoms with Crippen LogP contribution in [0.5, 0.6) is 0 Å². The zero-order valence-corrected chi connectivity index (χ0v) is 28.3. The van der Waals surface area contributed by atoms with Crippen LogP contribution < -0.4 is 4.90 Å². The molecule has 0 aliphatic heterocycles. The number of nitrogens with zero attached hydrogens (tertiary/aromatic N) is 1. The van der Waals surface area contributed by atoms with Crippen LogP contribution >= 0.6 is 0 Å². The van der Waals surface area contributed by atoms with Crippen LogP contribution in [0.1, 0.15) is 59.7 Å². The maximum Gasteiger partial charge on any atom is 0.0714 e. The summed E-state index contributed by atoms with van der Waals surface area (Å²) in [5, 5.41) is 0. The van der Waals surface area contributed by atoms with E-state index in [1.807, 2.05) is 0 Å². The molecule has 7 aromatic carbocycles. The Kier molecular flexibility index (Phi) is 6.74. The third kappa shape index (κ3) is 4.32. The summed E-state index contributed by atoms with van der Waals surface area (Å²) in [6.45, 7) is 6.92. The first-order chi connectivity index (χ1) is 24.0. The minimum Gasteiger partial charge on any atom is -0.310 e. The van der Waals surface area contributed by atoms with Crippen molar-refractivity contribution in [3.63, 3.8) is 0 Å². The summed E-state index contributed by atoms with van der Waals surface area (Å²) >= 11 is 0. The number of rotatable bonds is 6. The largest absolute Gasteiger partial charge is 0.310 e. The lowest BCUT2D eigenvalue weighted by atomic mass is 9.67. The van der Waals surface area contributed by atoms with Gasteiger partial charge in [0.25, 0.3) is 0 Å². The molecule has 0 heterocycles. The monoisotopic (exact) mass is 629 g/mol. The molecule has 0 fully saturated rings. The van der Waals surface area contributed by atoms with Gasteiger partial charge in [0.15, 0.2) is 0 Å². The molecule has 0 radical (unpaired) electrons. The fourth-order valence-electron chi connectivity index (χ4n) is 8.75. The number of anilines is 3. The van der Waals surface area contributed by atoms with Gasteiger partial charge in [0.05, 0.1) is 5.41 Å². The van der Waals surface area contributed by atoms with Gasteiger partial charge in [-0.25, -0.2) is 0 Å². The molecule has 0 aromatic heterocycles. The van der Waals surface area contributed by atoms with E-state index < -0.39 is 5.41 Å². The maximum absolute atomic E-state index is 2.47. The lowest BCUT2D eigenvalue weighted by Gasteiger charge is -2.35. The van der Waals surface area contributed by atoms with Crippen molar-refractivity contribution in [2.24, 2.45) is 0 Å². The molecule has 49 heavy (non-hydrogen) atoms. The second-order valence-corrected chi connectivity index (χ2v) is 14.0. The Bertz CT molecular complexity index is 2290. The summed E-state index contributed by atoms with van der Waals surface area (Å²) in [5.74, 6) is 0. The molecule has 0 amide bonds. The number of hydrogen-bond donors (Lipinski definition) is 0. The first kappa shape index (κ1) is 29.5. The minimum absolute atomic E-state index is 0.0393. The Balaban J connectivity index is 1.31. The van der Waals surface area contributed by atoms with E-state index in [0.717, 1.165) is 23.5 Å². The number of fused-ring (bicyclic) bond motifs is 6. The molecule has 0 unspecified atom stereocenters. The quantitative estimate of drug-likeness (QED) is 0.177. The summed E-state index contributed by atoms with van der Waals surface area (Å²) in [7, 11) is 0. The Hall–Kier alpha value is -5.66. The van der Waals surface area contributed by atoms with Gasteiger partial charge in [-0.15, -0.1) is 0 Å². The van der Waals surface area contributed by atoms with Gasteiger partial charge in [-0.05, 0) is 104 Å². The van der Waals surface area contributed by atoms with Crippen molar-refractivity contribution in [1.29, 1.82) is 0 Å². The van der Waals surface area contributed by atoms with E-state index >= 15 is 0 Å². The average molecular weight is 630 g/mol. The third-order valence-electron chi connectivity index (χ3n) is 11.1. The van der Waals surface area contributed by atoms with Gasteiger partial charge in [-0.1, -0.05) is 154 Å². The molecule has 0 atom stereocenters. The van der Waals surface area contributed by atoms with E-state index in [9.17, 15) is 0 Å². The van der Waals surface area contributed by atoms with Crippen LogP contribution in [0.2, 0.25) is 0 Å². The van der Waals surface area contributed by atoms with E-state index in [2.05, 4.69) is 196 Å². The lowest BCUT2D eigenvalue weighted by Crippen LogP contribution is -2.28. The van der Waals surface area contributed by atoms with Crippen LogP contribution in [0, 0.1) is 0 Å². The van der Waals surface area contributed by atoms with Gasteiger partial charge in [0.2, 0.25) is 0 Å². The Morgan fingerprint density at radius 1 is 0.408 bits per heavy atom. The predicted molar refractivity (Wildman–Crippen MR) is 205 cm³/mol. The molecule has 0 saturated carbocycles. The maximum atomic E-state index is 2.47. The average Bonchev–Trinajstić information content (AvgIpc) is 3.58. The summed E-state index contributed by atoms with van der Waals surface area (Å²) in [6, 6.07) is 63.4. The van der Waals surface area contributed by atoms with Gasteiger partial charge < -0.3 is 4.90 Å². The van der Waals surface area contributed by atoms with Gasteiger partial charge in [-0.3, -0.25) is 0 Å². The smallest absolute Gasteiger partial charge is 0.0714 e. The number of hydrogen-bond acceptors (Lipinski definition) is 1. The summed E-state index contributed by atoms with van der Waals surface area (Å²) in [4.78, 5) is 2.46. The van der Waals surface area contributed by atoms with Crippen molar-refractivity contribution >= 4 is 17.1 Å². The van der Waals surface area contributed by atoms with Gasteiger partial charge >= 0.3 is 0 Å². The van der Waals surface area contributed by atoms with Crippen molar-refractivity contribution in [3.8, 4) is 22.3 Å². The van der Waals surface area contributed by atoms with Crippen LogP contribution in [0.25, 0.3) is 22.3 Å². The normalized spacial score (nSPS) is 14.4. The Morgan fingerprint density at radius 3 is 1.55 bits per heavy atom. The minimum atomic E-state index is -0.455. The highest BCUT2D eigenvalue weighted by Crippen LogP contribution is 2.57. The van der Waals surface area contributed by atoms with Crippen molar-refractivity contribution in [2.45, 2.75) is 38.0 Å². The fourth-order valence-corrected chi connectivity index (χ4v) is 8.75. The van der Waals surface area contributed by atoms with Crippen molar-refractivity contribution in [3.05, 3.63) is 209 Å². The molecular formula is C48H39N. The van der Waals surface area contributed by atoms with Gasteiger partial charge in [-0.2, -0.15) is 0 Å². The second kappa shape index (κ2) is 11.2. The van der Waals surface area contributed by atoms with Crippen LogP contribution in [0.3, 0.4) is 0 Å². The summed E-state index contributed by atoms with van der Waals surface area (Å²) < 4.78 is 0. The van der Waals surface area contributed by atoms with Crippen LogP contribution in [0.4, 0.5) is 17.1 Å². The predicted octanol–water partition coefficient (Wildman–Crippen LogP) is 12.4. The van der Waals surface area contributed by atoms with Gasteiger partial charge in [0.1, 0.15) is 0 Å². The molecule has 0 bridgehead atoms. The zero-order valence-electron chi connectivity index (χ0n) is 28.3. The second-order valence-electron chi connectivity index (χ2n) is 14.0. The molecule has 1 heteroatoms. The summed E-state index contributed by atoms with van der Waals surface area (Å²) in [5.41, 5.74) is 17.5. The Labute approximate surface area is 290 Å². The first-order valence-electron chi connectivity index (χ1n) is 17.5. The zero-order chi connectivity index (χ0) is 33.2. The molecule has 0 spiro atoms. The molecule has 0 N–H and O–H groups in total. The highest BCUT2D eigenvalue weighted by molar-refractivity contribution is 5.91. The van der Waals surface area contributed by atoms with E-state index in [1.165, 1.54) is 61.2 Å². The number of benzene rings is 7. The molecule has 7 aromatic rings. The van der Waals surface area contributed by atoms with E-state index in [1.54, 1.807) is 0 Å². The standard InChI is InChI=1S/C48H39N/c1-4-33-23-25-36(26-24-33)49(37-28-30-44-42(31-37)40-20-11-13-21-43(40)47(44,2)3)38-27-29-41-39-19-12-14-22-45(39)48(46(41)32-38,34-15-7-5-8-16-34)35-17-9-6-10-18-35/h5-32H,4H2,1-3H3. The molecule has 2 aliphatic carbocycles. The fraction of sp³-hybridized carbons (Fsp3) is 0.125. The van der Waals surface area contributed by atoms with Crippen molar-refractivity contribution in [2.75, 3.05) is 4.90 Å². The summed E-state index contributed by atoms with van der Waals surface area (Å²) in [6.07, 6.45) is 1.01. The SMILES string of the molecule is CCc1ccc(N(c2ccc3c(c2)-c2ccccc2C3(C)C)c2ccc3c(c2)C(c2ccccc2)(c2ccccc2)c2ccccc2-3)cc1. The highest BCUT2D eigenvalue weighted by Gasteiger charge is 2.46. The van der Waals surface area contributed by atoms with E-state index in [0.29, 0.717) is 0 Å². The molecular weight excluding hydrogens is 591 g/mol. The van der Waals surface area contributed by atoms with Crippen LogP contribution in [-0.4, -0.2) is 0 Å². The Morgan fingerprint density at radius 2 is 0.898 bits per heavy atom. The molecule has 236 valence electrons. The van der Waals surface area contributed by atoms with E-state index in [-0.39, 0.29) is 5.41 Å². The molecule has 9 rings (SSSR count). The van der Waals surface area contributed by atoms with Crippen LogP contribution in [0.15, 0.2) is 170 Å². The molecule has 2 aliphatic rings. The highest BCUT2D eigenvalue weighted by atomic mass is 15.1. The molecule has 0 saturated heterocycles. The van der Waals surface area contributed by atoms with Crippen molar-refractivity contribution in [1.82, 2.24) is 0 Å². The lowest BCUT2D eigenvalue weighted by molar-refractivity contribution is 0.660. The van der Waals surface area contributed by atoms with Crippen molar-refractivity contribution < 1.29 is 0 Å². The third-order valence-corrected chi connectivity index (χ3v) is 11.1. The van der Waals surface area contributed by atoms with E-state index in [4.69, 9.17) is 0 Å². The topological polar surface area (TPSA) is 3.24 Å². The number of aryl methyl sites for hydroxylation is 1. The van der Waals surface area contributed by atoms with Gasteiger partial charge in [0, 0.05) is 22.5 Å².